The van der Waals surface area contributed by atoms with Crippen molar-refractivity contribution in [3.8, 4) is 5.75 Å². The van der Waals surface area contributed by atoms with Crippen LogP contribution >= 0.6 is 11.6 Å². The van der Waals surface area contributed by atoms with Crippen LogP contribution in [0.4, 0.5) is 5.69 Å². The number of amides is 1. The van der Waals surface area contributed by atoms with Crippen LogP contribution in [0, 0.1) is 13.8 Å². The molecule has 0 saturated heterocycles. The molecule has 6 nitrogen and oxygen atoms in total. The van der Waals surface area contributed by atoms with Crippen LogP contribution < -0.4 is 10.1 Å². The van der Waals surface area contributed by atoms with Crippen molar-refractivity contribution in [3.05, 3.63) is 64.3 Å². The van der Waals surface area contributed by atoms with Crippen LogP contribution in [0.15, 0.2) is 42.5 Å². The van der Waals surface area contributed by atoms with E-state index < -0.39 is 5.97 Å². The minimum absolute atomic E-state index is 0.0853. The molecule has 1 heterocycles. The number of rotatable bonds is 5. The van der Waals surface area contributed by atoms with Gasteiger partial charge in [0.15, 0.2) is 12.3 Å². The maximum absolute atomic E-state index is 12.3. The number of pyridine rings is 1. The van der Waals surface area contributed by atoms with Gasteiger partial charge in [-0.1, -0.05) is 29.3 Å². The Morgan fingerprint density at radius 1 is 1.11 bits per heavy atom. The molecule has 0 fully saturated rings. The number of fused-ring (bicyclic) bond motifs is 1. The number of nitrogens with zero attached hydrogens (tertiary/aromatic N) is 1. The van der Waals surface area contributed by atoms with Gasteiger partial charge in [0.2, 0.25) is 0 Å². The molecular formula is C21H19ClN2O4. The van der Waals surface area contributed by atoms with Gasteiger partial charge >= 0.3 is 5.97 Å². The summed E-state index contributed by atoms with van der Waals surface area (Å²) in [6.45, 7) is 3.67. The molecule has 0 unspecified atom stereocenters. The van der Waals surface area contributed by atoms with Gasteiger partial charge in [-0.3, -0.25) is 4.79 Å². The third-order valence-electron chi connectivity index (χ3n) is 4.14. The fourth-order valence-electron chi connectivity index (χ4n) is 2.78. The lowest BCUT2D eigenvalue weighted by Crippen LogP contribution is -2.21. The minimum Gasteiger partial charge on any atom is -0.483 e. The molecule has 1 aromatic heterocycles. The molecule has 1 N–H and O–H groups in total. The SMILES string of the molecule is COC(=O)c1cc(OCC(=O)Nc2ccc(C)cc2C)c2cc(Cl)ccc2n1. The van der Waals surface area contributed by atoms with Gasteiger partial charge in [0.1, 0.15) is 5.75 Å². The number of hydrogen-bond acceptors (Lipinski definition) is 5. The van der Waals surface area contributed by atoms with Crippen molar-refractivity contribution >= 4 is 40.1 Å². The Hall–Kier alpha value is -3.12. The number of esters is 1. The molecule has 144 valence electrons. The highest BCUT2D eigenvalue weighted by Crippen LogP contribution is 2.28. The zero-order chi connectivity index (χ0) is 20.3. The summed E-state index contributed by atoms with van der Waals surface area (Å²) in [5.74, 6) is -0.594. The highest BCUT2D eigenvalue weighted by molar-refractivity contribution is 6.31. The number of carbonyl (C=O) groups excluding carboxylic acids is 2. The first-order chi connectivity index (χ1) is 13.4. The lowest BCUT2D eigenvalue weighted by Gasteiger charge is -2.12. The second kappa shape index (κ2) is 8.27. The Bertz CT molecular complexity index is 1070. The average molecular weight is 399 g/mol. The van der Waals surface area contributed by atoms with E-state index in [0.29, 0.717) is 21.7 Å². The first-order valence-electron chi connectivity index (χ1n) is 8.56. The first-order valence-corrected chi connectivity index (χ1v) is 8.93. The number of aryl methyl sites for hydroxylation is 2. The van der Waals surface area contributed by atoms with Gasteiger partial charge in [0.05, 0.1) is 12.6 Å². The molecule has 0 bridgehead atoms. The fraction of sp³-hybridized carbons (Fsp3) is 0.190. The number of hydrogen-bond donors (Lipinski definition) is 1. The van der Waals surface area contributed by atoms with E-state index in [-0.39, 0.29) is 18.2 Å². The Morgan fingerprint density at radius 2 is 1.89 bits per heavy atom. The van der Waals surface area contributed by atoms with E-state index in [2.05, 4.69) is 10.3 Å². The third-order valence-corrected chi connectivity index (χ3v) is 4.38. The van der Waals surface area contributed by atoms with Crippen molar-refractivity contribution in [1.29, 1.82) is 0 Å². The molecule has 1 amide bonds. The molecule has 0 aliphatic carbocycles. The number of benzene rings is 2. The van der Waals surface area contributed by atoms with Crippen LogP contribution in [0.3, 0.4) is 0 Å². The summed E-state index contributed by atoms with van der Waals surface area (Å²) >= 11 is 6.07. The highest BCUT2D eigenvalue weighted by atomic mass is 35.5. The fourth-order valence-corrected chi connectivity index (χ4v) is 2.95. The van der Waals surface area contributed by atoms with Crippen molar-refractivity contribution in [1.82, 2.24) is 4.98 Å². The van der Waals surface area contributed by atoms with Crippen LogP contribution in [0.2, 0.25) is 5.02 Å². The number of aromatic nitrogens is 1. The number of carbonyl (C=O) groups is 2. The Labute approximate surface area is 167 Å². The van der Waals surface area contributed by atoms with Crippen LogP contribution in [0.25, 0.3) is 10.9 Å². The van der Waals surface area contributed by atoms with Crippen LogP contribution in [0.1, 0.15) is 21.6 Å². The predicted molar refractivity (Wildman–Crippen MR) is 108 cm³/mol. The maximum atomic E-state index is 12.3. The highest BCUT2D eigenvalue weighted by Gasteiger charge is 2.15. The van der Waals surface area contributed by atoms with Crippen molar-refractivity contribution in [2.45, 2.75) is 13.8 Å². The third kappa shape index (κ3) is 4.40. The number of nitrogens with one attached hydrogen (secondary N) is 1. The molecule has 3 rings (SSSR count). The molecule has 3 aromatic rings. The smallest absolute Gasteiger partial charge is 0.356 e. The summed E-state index contributed by atoms with van der Waals surface area (Å²) in [4.78, 5) is 28.5. The normalized spacial score (nSPS) is 10.6. The van der Waals surface area contributed by atoms with E-state index in [9.17, 15) is 9.59 Å². The van der Waals surface area contributed by atoms with Crippen LogP contribution in [-0.2, 0) is 9.53 Å². The summed E-state index contributed by atoms with van der Waals surface area (Å²) in [5, 5.41) is 3.91. The minimum atomic E-state index is -0.596. The van der Waals surface area contributed by atoms with E-state index in [1.54, 1.807) is 18.2 Å². The zero-order valence-corrected chi connectivity index (χ0v) is 16.5. The average Bonchev–Trinajstić information content (AvgIpc) is 2.67. The lowest BCUT2D eigenvalue weighted by atomic mass is 10.1. The second-order valence-electron chi connectivity index (χ2n) is 6.31. The molecule has 0 saturated carbocycles. The van der Waals surface area contributed by atoms with E-state index in [1.807, 2.05) is 32.0 Å². The molecule has 28 heavy (non-hydrogen) atoms. The molecule has 0 aliphatic rings. The molecule has 0 aliphatic heterocycles. The Balaban J connectivity index is 1.83. The maximum Gasteiger partial charge on any atom is 0.356 e. The van der Waals surface area contributed by atoms with Gasteiger partial charge in [-0.05, 0) is 43.7 Å². The Kier molecular flexibility index (Phi) is 5.80. The molecule has 0 spiro atoms. The van der Waals surface area contributed by atoms with E-state index in [4.69, 9.17) is 21.1 Å². The second-order valence-corrected chi connectivity index (χ2v) is 6.75. The molecular weight excluding hydrogens is 380 g/mol. The van der Waals surface area contributed by atoms with Crippen LogP contribution in [-0.4, -0.2) is 30.6 Å². The molecule has 0 atom stereocenters. The summed E-state index contributed by atoms with van der Waals surface area (Å²) in [7, 11) is 1.27. The summed E-state index contributed by atoms with van der Waals surface area (Å²) in [5.41, 5.74) is 3.39. The summed E-state index contributed by atoms with van der Waals surface area (Å²) in [6.07, 6.45) is 0. The van der Waals surface area contributed by atoms with Gasteiger partial charge in [-0.15, -0.1) is 0 Å². The Morgan fingerprint density at radius 3 is 2.61 bits per heavy atom. The van der Waals surface area contributed by atoms with Gasteiger partial charge in [0.25, 0.3) is 5.91 Å². The van der Waals surface area contributed by atoms with Crippen molar-refractivity contribution in [3.63, 3.8) is 0 Å². The predicted octanol–water partition coefficient (Wildman–Crippen LogP) is 4.31. The number of halogens is 1. The number of ether oxygens (including phenoxy) is 2. The van der Waals surface area contributed by atoms with E-state index in [1.165, 1.54) is 13.2 Å². The summed E-state index contributed by atoms with van der Waals surface area (Å²) < 4.78 is 10.4. The van der Waals surface area contributed by atoms with E-state index in [0.717, 1.165) is 16.8 Å². The number of methoxy groups -OCH3 is 1. The zero-order valence-electron chi connectivity index (χ0n) is 15.7. The van der Waals surface area contributed by atoms with Gasteiger partial charge in [-0.2, -0.15) is 0 Å². The van der Waals surface area contributed by atoms with Crippen LogP contribution in [0.5, 0.6) is 5.75 Å². The van der Waals surface area contributed by atoms with Gasteiger partial charge in [0, 0.05) is 22.2 Å². The lowest BCUT2D eigenvalue weighted by molar-refractivity contribution is -0.118. The first kappa shape index (κ1) is 19.6. The van der Waals surface area contributed by atoms with Crippen molar-refractivity contribution in [2.75, 3.05) is 19.0 Å². The van der Waals surface area contributed by atoms with Gasteiger partial charge in [-0.25, -0.2) is 9.78 Å². The quantitative estimate of drug-likeness (QED) is 0.648. The van der Waals surface area contributed by atoms with Crippen molar-refractivity contribution in [2.24, 2.45) is 0 Å². The standard InChI is InChI=1S/C21H19ClN2O4/c1-12-4-6-16(13(2)8-12)24-20(25)11-28-19-10-18(21(26)27-3)23-17-7-5-14(22)9-15(17)19/h4-10H,11H2,1-3H3,(H,24,25). The molecule has 7 heteroatoms. The topological polar surface area (TPSA) is 77.5 Å². The van der Waals surface area contributed by atoms with Gasteiger partial charge < -0.3 is 14.8 Å². The molecule has 2 aromatic carbocycles. The van der Waals surface area contributed by atoms with E-state index >= 15 is 0 Å². The molecule has 0 radical (unpaired) electrons. The summed E-state index contributed by atoms with van der Waals surface area (Å²) in [6, 6.07) is 12.2. The van der Waals surface area contributed by atoms with Crippen molar-refractivity contribution < 1.29 is 19.1 Å². The largest absolute Gasteiger partial charge is 0.483 e. The monoisotopic (exact) mass is 398 g/mol. The number of anilines is 1.